The zero-order chi connectivity index (χ0) is 45.3. The van der Waals surface area contributed by atoms with Gasteiger partial charge in [-0.05, 0) is 0 Å². The second-order valence-corrected chi connectivity index (χ2v) is 58.0. The van der Waals surface area contributed by atoms with Gasteiger partial charge in [-0.3, -0.25) is 0 Å². The predicted octanol–water partition coefficient (Wildman–Crippen LogP) is -5.08. The fourth-order valence-corrected chi connectivity index (χ4v) is 62.9. The molecule has 0 spiro atoms. The molecule has 0 unspecified atom stereocenters. The van der Waals surface area contributed by atoms with Gasteiger partial charge >= 0.3 is 353 Å². The molecule has 0 atom stereocenters. The van der Waals surface area contributed by atoms with Gasteiger partial charge in [0.15, 0.2) is 0 Å². The minimum absolute atomic E-state index is 2.85. The van der Waals surface area contributed by atoms with Gasteiger partial charge in [0.2, 0.25) is 0 Å². The van der Waals surface area contributed by atoms with Crippen LogP contribution >= 0.6 is 7.82 Å². The van der Waals surface area contributed by atoms with Crippen LogP contribution in [0.4, 0.5) is 0 Å². The van der Waals surface area contributed by atoms with Crippen molar-refractivity contribution < 1.29 is 334 Å². The SMILES string of the molecule is O=[SH](=O)[O][Mo](=[O])(=[O])[O][Mo](=[O])(=[O])[O][Mo](=[O])(=[O])[O][Mo](=[O])(=[O])[O]P(=O)([O][Mo](=[O])(=[O])[O][Mo](=[O])(=[O])[O][Mo](=[O])(=[O])[O][Mo](=[O])(=[O])[OH])[O][Mo](=[O])(=[O])[O][Mo](=[O])(=[O])[O][Mo](=[O])(=[O])[O][Mo](=[O])(=[O])[OH]. The maximum atomic E-state index is 12.8. The first kappa shape index (κ1) is 59.0. The summed E-state index contributed by atoms with van der Waals surface area (Å²) in [6.07, 6.45) is 0. The van der Waals surface area contributed by atoms with Crippen LogP contribution in [0.2, 0.25) is 0 Å². The van der Waals surface area contributed by atoms with Gasteiger partial charge in [-0.1, -0.05) is 0 Å². The van der Waals surface area contributed by atoms with E-state index < -0.39 is 220 Å². The van der Waals surface area contributed by atoms with E-state index in [-0.39, 0.29) is 0 Å². The summed E-state index contributed by atoms with van der Waals surface area (Å²) >= 11 is -98.4. The van der Waals surface area contributed by atoms with Crippen LogP contribution in [-0.2, 0) is 329 Å². The zero-order valence-electron chi connectivity index (χ0n) is 23.0. The molecule has 56 heavy (non-hydrogen) atoms. The van der Waals surface area contributed by atoms with E-state index in [9.17, 15) is 94.5 Å². The standard InChI is InChI=1S/12Mo.H3O4P.H2O3S.2H2O.33O/c;;;;;;;;;;;;1-5(2,3)4;1-4(2)3;;;;;;;;;;;;;;;;;;;;;;;;;;;;;;;;;;;/h;;;;;;;;;;;;(H3,1,2,3,4);4H,(H,1,2,3);2*1H2;;;;;;;;;;;;;;;;;;;;;;;;;;;;;;;;;/q;;;;;;6*+1;;;;;;;;;;;;;;;;;;;;;;;;;;;;;;;;;;;;;/p-6. The van der Waals surface area contributed by atoms with E-state index in [1.807, 2.05) is 0 Å². The van der Waals surface area contributed by atoms with Crippen molar-refractivity contribution in [1.29, 1.82) is 0 Å². The summed E-state index contributed by atoms with van der Waals surface area (Å²) in [4.78, 5) is 0. The molecule has 0 rings (SSSR count). The number of hydrogen-bond donors (Lipinski definition) is 3. The second-order valence-electron chi connectivity index (χ2n) is 6.52. The Kier molecular flexibility index (Phi) is 21.1. The molecule has 0 aliphatic heterocycles. The van der Waals surface area contributed by atoms with Gasteiger partial charge < -0.3 is 0 Å². The Morgan fingerprint density at radius 1 is 0.304 bits per heavy atom. The van der Waals surface area contributed by atoms with Gasteiger partial charge in [0.25, 0.3) is 0 Å². The average Bonchev–Trinajstić information content (AvgIpc) is 2.64. The predicted molar refractivity (Wildman–Crippen MR) is 52.9 cm³/mol. The molecule has 56 heteroatoms. The van der Waals surface area contributed by atoms with E-state index in [4.69, 9.17) is 7.52 Å². The van der Waals surface area contributed by atoms with Crippen LogP contribution in [0.25, 0.3) is 0 Å². The van der Waals surface area contributed by atoms with Crippen molar-refractivity contribution in [2.24, 2.45) is 0 Å². The van der Waals surface area contributed by atoms with Crippen LogP contribution in [0.5, 0.6) is 0 Å². The molecule has 338 valence electrons. The molecular formula is H3Mo12O42PS. The first-order valence-corrected chi connectivity index (χ1v) is 51.4. The van der Waals surface area contributed by atoms with Crippen molar-refractivity contribution in [3.63, 3.8) is 0 Å². The molecule has 0 saturated heterocycles. The topological polar surface area (TPSA) is 621 Å². The summed E-state index contributed by atoms with van der Waals surface area (Å²) in [5, 5.41) is 0. The Labute approximate surface area is 346 Å². The van der Waals surface area contributed by atoms with E-state index >= 15 is 0 Å². The molecule has 0 amide bonds. The Hall–Kier alpha value is 3.04. The molecular weight excluding hydrogens is 1890 g/mol. The monoisotopic (exact) mass is 1910 g/mol. The van der Waals surface area contributed by atoms with Gasteiger partial charge in [0.1, 0.15) is 0 Å². The summed E-state index contributed by atoms with van der Waals surface area (Å²) < 4.78 is 365. The minimum atomic E-state index is -8.89. The van der Waals surface area contributed by atoms with Crippen molar-refractivity contribution in [3.05, 3.63) is 0 Å². The first-order chi connectivity index (χ1) is 23.9. The van der Waals surface area contributed by atoms with Crippen molar-refractivity contribution in [2.45, 2.75) is 0 Å². The molecule has 2 N–H and O–H groups in total. The third-order valence-corrected chi connectivity index (χ3v) is 65.1. The molecule has 0 aliphatic rings. The molecule has 0 aromatic heterocycles. The second kappa shape index (κ2) is 20.1. The number of rotatable bonds is 26. The fourth-order valence-electron chi connectivity index (χ4n) is 1.49. The molecule has 42 nitrogen and oxygen atoms in total. The Morgan fingerprint density at radius 3 is 0.679 bits per heavy atom. The summed E-state index contributed by atoms with van der Waals surface area (Å²) in [5.41, 5.74) is 0. The van der Waals surface area contributed by atoms with Crippen LogP contribution in [0.15, 0.2) is 0 Å². The summed E-state index contributed by atoms with van der Waals surface area (Å²) in [6.45, 7) is 0. The molecule has 0 radical (unpaired) electrons. The van der Waals surface area contributed by atoms with Crippen molar-refractivity contribution in [1.82, 2.24) is 0 Å². The van der Waals surface area contributed by atoms with Gasteiger partial charge in [0, 0.05) is 0 Å². The van der Waals surface area contributed by atoms with Gasteiger partial charge in [0.05, 0.1) is 0 Å². The number of hydrogen-bond acceptors (Lipinski definition) is 40. The Bertz CT molecular complexity index is 2880. The van der Waals surface area contributed by atoms with E-state index in [2.05, 4.69) is 30.8 Å². The first-order valence-electron chi connectivity index (χ1n) is 9.31. The molecule has 0 bridgehead atoms. The van der Waals surface area contributed by atoms with Crippen LogP contribution in [0.1, 0.15) is 0 Å². The van der Waals surface area contributed by atoms with Crippen LogP contribution in [0.3, 0.4) is 0 Å². The molecule has 0 aromatic carbocycles. The van der Waals surface area contributed by atoms with E-state index in [0.717, 1.165) is 0 Å². The van der Waals surface area contributed by atoms with E-state index in [0.29, 0.717) is 0 Å². The number of phosphoric acid groups is 1. The van der Waals surface area contributed by atoms with E-state index in [1.54, 1.807) is 0 Å². The van der Waals surface area contributed by atoms with Gasteiger partial charge in [-0.2, -0.15) is 0 Å². The number of thiol groups is 1. The zero-order valence-corrected chi connectivity index (χ0v) is 48.9. The van der Waals surface area contributed by atoms with Crippen LogP contribution < -0.4 is 0 Å². The van der Waals surface area contributed by atoms with Gasteiger partial charge in [-0.15, -0.1) is 0 Å². The average molecular weight is 1890 g/mol. The maximum absolute atomic E-state index is 12.8. The molecule has 0 aromatic rings. The summed E-state index contributed by atoms with van der Waals surface area (Å²) in [5.74, 6) is 0. The normalized spacial score (nSPS) is 15.5. The molecule has 0 heterocycles. The van der Waals surface area contributed by atoms with E-state index in [1.165, 1.54) is 0 Å². The van der Waals surface area contributed by atoms with Crippen molar-refractivity contribution in [2.75, 3.05) is 0 Å². The summed E-state index contributed by atoms with van der Waals surface area (Å²) in [7, 11) is -12.5. The molecule has 0 aliphatic carbocycles. The van der Waals surface area contributed by atoms with Crippen LogP contribution in [0, 0.1) is 0 Å². The third-order valence-electron chi connectivity index (χ3n) is 2.21. The quantitative estimate of drug-likeness (QED) is 0.0414. The van der Waals surface area contributed by atoms with Crippen molar-refractivity contribution >= 4 is 18.8 Å². The molecule has 0 fully saturated rings. The Morgan fingerprint density at radius 2 is 0.482 bits per heavy atom. The third kappa shape index (κ3) is 28.0. The van der Waals surface area contributed by atoms with Crippen molar-refractivity contribution in [3.8, 4) is 0 Å². The van der Waals surface area contributed by atoms with Crippen LogP contribution in [-0.4, -0.2) is 15.9 Å². The van der Waals surface area contributed by atoms with Gasteiger partial charge in [-0.25, -0.2) is 0 Å². The summed E-state index contributed by atoms with van der Waals surface area (Å²) in [6, 6.07) is 0. The Balaban J connectivity index is 7.05. The fraction of sp³-hybridized carbons (Fsp3) is 0. The molecule has 0 saturated carbocycles.